The summed E-state index contributed by atoms with van der Waals surface area (Å²) in [5.41, 5.74) is 3.94. The summed E-state index contributed by atoms with van der Waals surface area (Å²) in [4.78, 5) is 23.3. The van der Waals surface area contributed by atoms with E-state index in [1.54, 1.807) is 18.2 Å². The highest BCUT2D eigenvalue weighted by Crippen LogP contribution is 2.20. The number of aromatic amines is 1. The van der Waals surface area contributed by atoms with E-state index in [9.17, 15) is 9.59 Å². The summed E-state index contributed by atoms with van der Waals surface area (Å²) in [6.45, 7) is 3.89. The number of nitrogens with one attached hydrogen (secondary N) is 2. The number of amides is 1. The number of carbonyl (C=O) groups excluding carboxylic acids is 1. The normalized spacial score (nSPS) is 10.4. The second-order valence-corrected chi connectivity index (χ2v) is 6.05. The average molecular weight is 349 g/mol. The van der Waals surface area contributed by atoms with Gasteiger partial charge in [-0.1, -0.05) is 18.2 Å². The number of H-pyrrole nitrogens is 1. The molecule has 3 aromatic rings. The second kappa shape index (κ2) is 7.65. The smallest absolute Gasteiger partial charge is 0.264 e. The van der Waals surface area contributed by atoms with Gasteiger partial charge in [0.25, 0.3) is 11.5 Å². The number of rotatable bonds is 5. The highest BCUT2D eigenvalue weighted by Gasteiger charge is 2.06. The van der Waals surface area contributed by atoms with Gasteiger partial charge in [-0.3, -0.25) is 9.59 Å². The first-order valence-corrected chi connectivity index (χ1v) is 8.17. The van der Waals surface area contributed by atoms with Gasteiger partial charge < -0.3 is 10.1 Å². The van der Waals surface area contributed by atoms with Crippen LogP contribution < -0.4 is 15.6 Å². The third-order valence-corrected chi connectivity index (χ3v) is 3.69. The van der Waals surface area contributed by atoms with Gasteiger partial charge in [-0.05, 0) is 55.3 Å². The zero-order valence-corrected chi connectivity index (χ0v) is 14.6. The van der Waals surface area contributed by atoms with Gasteiger partial charge >= 0.3 is 0 Å². The molecule has 6 heteroatoms. The Kier molecular flexibility index (Phi) is 5.12. The molecule has 0 aliphatic rings. The summed E-state index contributed by atoms with van der Waals surface area (Å²) in [5.74, 6) is 0.416. The van der Waals surface area contributed by atoms with E-state index in [4.69, 9.17) is 4.74 Å². The number of anilines is 1. The van der Waals surface area contributed by atoms with Crippen LogP contribution >= 0.6 is 0 Å². The summed E-state index contributed by atoms with van der Waals surface area (Å²) < 4.78 is 5.57. The van der Waals surface area contributed by atoms with E-state index >= 15 is 0 Å². The van der Waals surface area contributed by atoms with E-state index < -0.39 is 0 Å². The fraction of sp³-hybridized carbons (Fsp3) is 0.150. The van der Waals surface area contributed by atoms with Gasteiger partial charge in [0.2, 0.25) is 0 Å². The molecule has 0 bridgehead atoms. The number of ether oxygens (including phenoxy) is 1. The predicted molar refractivity (Wildman–Crippen MR) is 100 cm³/mol. The molecule has 1 amide bonds. The molecular weight excluding hydrogens is 330 g/mol. The minimum atomic E-state index is -0.262. The number of carbonyl (C=O) groups is 1. The number of benzene rings is 2. The Hall–Kier alpha value is -3.41. The lowest BCUT2D eigenvalue weighted by atomic mass is 10.1. The highest BCUT2D eigenvalue weighted by atomic mass is 16.5. The predicted octanol–water partition coefficient (Wildman–Crippen LogP) is 3.07. The van der Waals surface area contributed by atoms with E-state index in [0.717, 1.165) is 16.7 Å². The van der Waals surface area contributed by atoms with Gasteiger partial charge in [-0.15, -0.1) is 0 Å². The lowest BCUT2D eigenvalue weighted by Gasteiger charge is -2.10. The summed E-state index contributed by atoms with van der Waals surface area (Å²) >= 11 is 0. The molecule has 3 rings (SSSR count). The molecule has 2 aromatic carbocycles. The molecule has 0 spiro atoms. The molecule has 0 fully saturated rings. The van der Waals surface area contributed by atoms with Gasteiger partial charge in [-0.25, -0.2) is 5.10 Å². The van der Waals surface area contributed by atoms with Crippen LogP contribution in [-0.4, -0.2) is 22.7 Å². The van der Waals surface area contributed by atoms with Crippen LogP contribution in [-0.2, 0) is 4.79 Å². The fourth-order valence-electron chi connectivity index (χ4n) is 2.62. The highest BCUT2D eigenvalue weighted by molar-refractivity contribution is 5.92. The van der Waals surface area contributed by atoms with Crippen molar-refractivity contribution in [3.63, 3.8) is 0 Å². The van der Waals surface area contributed by atoms with Crippen LogP contribution in [0.15, 0.2) is 59.4 Å². The number of hydrogen-bond acceptors (Lipinski definition) is 4. The molecule has 0 unspecified atom stereocenters. The summed E-state index contributed by atoms with van der Waals surface area (Å²) in [5, 5.41) is 9.18. The van der Waals surface area contributed by atoms with Crippen molar-refractivity contribution in [2.75, 3.05) is 11.9 Å². The fourth-order valence-corrected chi connectivity index (χ4v) is 2.62. The Bertz CT molecular complexity index is 955. The van der Waals surface area contributed by atoms with E-state index in [1.807, 2.05) is 44.2 Å². The molecule has 0 saturated heterocycles. The van der Waals surface area contributed by atoms with Crippen molar-refractivity contribution in [1.82, 2.24) is 10.2 Å². The largest absolute Gasteiger partial charge is 0.484 e. The van der Waals surface area contributed by atoms with E-state index in [-0.39, 0.29) is 18.1 Å². The first-order valence-electron chi connectivity index (χ1n) is 8.17. The number of hydrogen-bond donors (Lipinski definition) is 2. The third kappa shape index (κ3) is 4.57. The number of aryl methyl sites for hydroxylation is 2. The Morgan fingerprint density at radius 1 is 1.08 bits per heavy atom. The van der Waals surface area contributed by atoms with Crippen LogP contribution in [0.1, 0.15) is 11.1 Å². The van der Waals surface area contributed by atoms with Gasteiger partial charge in [0.05, 0.1) is 5.69 Å². The Morgan fingerprint density at radius 3 is 2.54 bits per heavy atom. The standard InChI is InChI=1S/C20H19N3O3/c1-13-8-14(2)10-17(9-13)26-12-20(25)21-16-5-3-4-15(11-16)18-6-7-19(24)23-22-18/h3-11H,12H2,1-2H3,(H,21,25)(H,23,24). The molecule has 0 aliphatic carbocycles. The minimum absolute atomic E-state index is 0.0793. The lowest BCUT2D eigenvalue weighted by molar-refractivity contribution is -0.118. The van der Waals surface area contributed by atoms with Gasteiger partial charge in [0, 0.05) is 17.3 Å². The molecule has 26 heavy (non-hydrogen) atoms. The maximum Gasteiger partial charge on any atom is 0.264 e. The zero-order valence-electron chi connectivity index (χ0n) is 14.6. The molecule has 0 saturated carbocycles. The monoisotopic (exact) mass is 349 g/mol. The van der Waals surface area contributed by atoms with Crippen molar-refractivity contribution in [3.05, 3.63) is 76.1 Å². The number of aromatic nitrogens is 2. The van der Waals surface area contributed by atoms with Crippen LogP contribution in [0.4, 0.5) is 5.69 Å². The van der Waals surface area contributed by atoms with E-state index in [0.29, 0.717) is 17.1 Å². The molecule has 0 atom stereocenters. The summed E-state index contributed by atoms with van der Waals surface area (Å²) in [7, 11) is 0. The molecular formula is C20H19N3O3. The van der Waals surface area contributed by atoms with Gasteiger partial charge in [0.1, 0.15) is 5.75 Å². The van der Waals surface area contributed by atoms with Gasteiger partial charge in [-0.2, -0.15) is 5.10 Å². The molecule has 2 N–H and O–H groups in total. The van der Waals surface area contributed by atoms with Gasteiger partial charge in [0.15, 0.2) is 6.61 Å². The van der Waals surface area contributed by atoms with Crippen molar-refractivity contribution >= 4 is 11.6 Å². The van der Waals surface area contributed by atoms with Crippen LogP contribution in [0.5, 0.6) is 5.75 Å². The summed E-state index contributed by atoms with van der Waals surface area (Å²) in [6.07, 6.45) is 0. The summed E-state index contributed by atoms with van der Waals surface area (Å²) in [6, 6.07) is 16.1. The van der Waals surface area contributed by atoms with Crippen molar-refractivity contribution in [1.29, 1.82) is 0 Å². The van der Waals surface area contributed by atoms with E-state index in [1.165, 1.54) is 6.07 Å². The van der Waals surface area contributed by atoms with E-state index in [2.05, 4.69) is 15.5 Å². The maximum atomic E-state index is 12.1. The van der Waals surface area contributed by atoms with Crippen LogP contribution in [0.25, 0.3) is 11.3 Å². The Balaban J connectivity index is 1.65. The van der Waals surface area contributed by atoms with Crippen LogP contribution in [0.3, 0.4) is 0 Å². The lowest BCUT2D eigenvalue weighted by Crippen LogP contribution is -2.20. The van der Waals surface area contributed by atoms with Crippen LogP contribution in [0.2, 0.25) is 0 Å². The maximum absolute atomic E-state index is 12.1. The molecule has 0 aliphatic heterocycles. The molecule has 1 aromatic heterocycles. The Morgan fingerprint density at radius 2 is 1.85 bits per heavy atom. The van der Waals surface area contributed by atoms with Crippen molar-refractivity contribution < 1.29 is 9.53 Å². The molecule has 6 nitrogen and oxygen atoms in total. The first kappa shape index (κ1) is 17.4. The van der Waals surface area contributed by atoms with Crippen molar-refractivity contribution in [2.45, 2.75) is 13.8 Å². The topological polar surface area (TPSA) is 84.1 Å². The molecule has 0 radical (unpaired) electrons. The molecule has 1 heterocycles. The molecule has 132 valence electrons. The van der Waals surface area contributed by atoms with Crippen molar-refractivity contribution in [3.8, 4) is 17.0 Å². The van der Waals surface area contributed by atoms with Crippen LogP contribution in [0, 0.1) is 13.8 Å². The first-order chi connectivity index (χ1) is 12.5. The van der Waals surface area contributed by atoms with Crippen molar-refractivity contribution in [2.24, 2.45) is 0 Å². The SMILES string of the molecule is Cc1cc(C)cc(OCC(=O)Nc2cccc(-c3ccc(=O)[nH]n3)c2)c1. The average Bonchev–Trinajstić information content (AvgIpc) is 2.60. The zero-order chi connectivity index (χ0) is 18.5. The minimum Gasteiger partial charge on any atom is -0.484 e. The number of nitrogens with zero attached hydrogens (tertiary/aromatic N) is 1. The second-order valence-electron chi connectivity index (χ2n) is 6.05. The quantitative estimate of drug-likeness (QED) is 0.741. The third-order valence-electron chi connectivity index (χ3n) is 3.69. The Labute approximate surface area is 150 Å².